The second kappa shape index (κ2) is 12.9. The van der Waals surface area contributed by atoms with E-state index in [0.29, 0.717) is 5.75 Å². The first-order valence-electron chi connectivity index (χ1n) is 14.2. The number of nitrogens with zero attached hydrogens (tertiary/aromatic N) is 1. The number of methoxy groups -OCH3 is 1. The minimum atomic E-state index is -0.903. The van der Waals surface area contributed by atoms with Gasteiger partial charge in [-0.1, -0.05) is 55.7 Å². The van der Waals surface area contributed by atoms with Crippen molar-refractivity contribution in [2.24, 2.45) is 5.92 Å². The molecule has 10 nitrogen and oxygen atoms in total. The fraction of sp³-hybridized carbons (Fsp3) is 0.419. The molecule has 1 aliphatic heterocycles. The van der Waals surface area contributed by atoms with Crippen molar-refractivity contribution in [3.8, 4) is 5.75 Å². The zero-order valence-electron chi connectivity index (χ0n) is 23.3. The molecule has 2 atom stereocenters. The molecule has 0 bridgehead atoms. The maximum Gasteiger partial charge on any atom is 0.246 e. The van der Waals surface area contributed by atoms with Gasteiger partial charge in [0, 0.05) is 35.6 Å². The van der Waals surface area contributed by atoms with Crippen LogP contribution < -0.4 is 20.7 Å². The summed E-state index contributed by atoms with van der Waals surface area (Å²) >= 11 is 0. The highest BCUT2D eigenvalue weighted by atomic mass is 16.5. The van der Waals surface area contributed by atoms with E-state index in [0.717, 1.165) is 54.1 Å². The Labute approximate surface area is 239 Å². The maximum absolute atomic E-state index is 13.5. The van der Waals surface area contributed by atoms with E-state index >= 15 is 0 Å². The van der Waals surface area contributed by atoms with Crippen molar-refractivity contribution in [1.82, 2.24) is 25.8 Å². The lowest BCUT2D eigenvalue weighted by Crippen LogP contribution is -2.62. The van der Waals surface area contributed by atoms with E-state index in [-0.39, 0.29) is 49.7 Å². The van der Waals surface area contributed by atoms with Crippen molar-refractivity contribution < 1.29 is 23.9 Å². The Hall–Kier alpha value is -4.34. The molecule has 4 N–H and O–H groups in total. The molecule has 0 radical (unpaired) electrons. The van der Waals surface area contributed by atoms with Gasteiger partial charge in [0.05, 0.1) is 7.11 Å². The van der Waals surface area contributed by atoms with Crippen LogP contribution in [0.4, 0.5) is 0 Å². The molecule has 1 saturated heterocycles. The SMILES string of the molecule is COc1ccccc1CNC(=O)C(Cc1c[nH]c2ccccc12)NC(=O)CN1CC(=O)NC(C2CCCCC2)C1=O. The van der Waals surface area contributed by atoms with Gasteiger partial charge in [-0.2, -0.15) is 0 Å². The van der Waals surface area contributed by atoms with Crippen molar-refractivity contribution in [3.05, 3.63) is 65.9 Å². The van der Waals surface area contributed by atoms with Crippen LogP contribution in [0, 0.1) is 5.92 Å². The van der Waals surface area contributed by atoms with Crippen LogP contribution in [0.1, 0.15) is 43.2 Å². The number of carbonyl (C=O) groups is 4. The van der Waals surface area contributed by atoms with E-state index in [9.17, 15) is 19.2 Å². The molecule has 41 heavy (non-hydrogen) atoms. The molecule has 1 saturated carbocycles. The van der Waals surface area contributed by atoms with Crippen molar-refractivity contribution in [3.63, 3.8) is 0 Å². The summed E-state index contributed by atoms with van der Waals surface area (Å²) in [5, 5.41) is 9.57. The van der Waals surface area contributed by atoms with Crippen LogP contribution in [-0.2, 0) is 32.1 Å². The fourth-order valence-electron chi connectivity index (χ4n) is 5.95. The molecule has 2 aromatic carbocycles. The molecule has 2 fully saturated rings. The molecule has 1 aromatic heterocycles. The highest BCUT2D eigenvalue weighted by Gasteiger charge is 2.39. The van der Waals surface area contributed by atoms with Crippen molar-refractivity contribution in [2.75, 3.05) is 20.2 Å². The summed E-state index contributed by atoms with van der Waals surface area (Å²) < 4.78 is 5.40. The second-order valence-corrected chi connectivity index (χ2v) is 10.9. The number of carbonyl (C=O) groups excluding carboxylic acids is 4. The molecule has 3 aromatic rings. The average Bonchev–Trinajstić information content (AvgIpc) is 3.40. The fourth-order valence-corrected chi connectivity index (χ4v) is 5.95. The zero-order chi connectivity index (χ0) is 28.8. The molecule has 4 amide bonds. The predicted octanol–water partition coefficient (Wildman–Crippen LogP) is 2.43. The molecule has 5 rings (SSSR count). The minimum Gasteiger partial charge on any atom is -0.496 e. The standard InChI is InChI=1S/C31H37N5O5/c1-41-26-14-8-5-11-21(26)16-33-30(39)25(15-22-17-32-24-13-7-6-12-23(22)24)34-27(37)18-36-19-28(38)35-29(31(36)40)20-9-3-2-4-10-20/h5-8,11-14,17,20,25,29,32H,2-4,9-10,15-16,18-19H2,1H3,(H,33,39)(H,34,37)(H,35,38). The Morgan fingerprint density at radius 1 is 1.02 bits per heavy atom. The number of nitrogens with one attached hydrogen (secondary N) is 4. The summed E-state index contributed by atoms with van der Waals surface area (Å²) in [5.41, 5.74) is 2.61. The summed E-state index contributed by atoms with van der Waals surface area (Å²) in [7, 11) is 1.57. The van der Waals surface area contributed by atoms with Gasteiger partial charge in [0.25, 0.3) is 0 Å². The number of aromatic amines is 1. The van der Waals surface area contributed by atoms with Crippen molar-refractivity contribution >= 4 is 34.5 Å². The highest BCUT2D eigenvalue weighted by molar-refractivity contribution is 5.98. The summed E-state index contributed by atoms with van der Waals surface area (Å²) in [6.45, 7) is -0.251. The molecule has 216 valence electrons. The van der Waals surface area contributed by atoms with E-state index in [1.165, 1.54) is 4.90 Å². The van der Waals surface area contributed by atoms with Gasteiger partial charge in [-0.25, -0.2) is 0 Å². The Kier molecular flexibility index (Phi) is 8.86. The third kappa shape index (κ3) is 6.70. The van der Waals surface area contributed by atoms with Crippen LogP contribution in [0.3, 0.4) is 0 Å². The third-order valence-corrected chi connectivity index (χ3v) is 8.08. The molecule has 2 unspecified atom stereocenters. The first-order valence-corrected chi connectivity index (χ1v) is 14.2. The number of hydrogen-bond acceptors (Lipinski definition) is 5. The van der Waals surface area contributed by atoms with Crippen LogP contribution in [0.2, 0.25) is 0 Å². The topological polar surface area (TPSA) is 133 Å². The largest absolute Gasteiger partial charge is 0.496 e. The molecule has 0 spiro atoms. The summed E-state index contributed by atoms with van der Waals surface area (Å²) in [6.07, 6.45) is 7.05. The normalized spacial score (nSPS) is 18.6. The van der Waals surface area contributed by atoms with Crippen molar-refractivity contribution in [1.29, 1.82) is 0 Å². The quantitative estimate of drug-likeness (QED) is 0.303. The van der Waals surface area contributed by atoms with Gasteiger partial charge in [0.1, 0.15) is 30.9 Å². The third-order valence-electron chi connectivity index (χ3n) is 8.08. The monoisotopic (exact) mass is 559 g/mol. The van der Waals surface area contributed by atoms with Crippen molar-refractivity contribution in [2.45, 2.75) is 57.2 Å². The minimum absolute atomic E-state index is 0.0847. The molecule has 10 heteroatoms. The number of fused-ring (bicyclic) bond motifs is 1. The highest BCUT2D eigenvalue weighted by Crippen LogP contribution is 2.28. The summed E-state index contributed by atoms with van der Waals surface area (Å²) in [5.74, 6) is -0.621. The van der Waals surface area contributed by atoms with Crippen LogP contribution in [0.5, 0.6) is 5.75 Å². The van der Waals surface area contributed by atoms with Gasteiger partial charge < -0.3 is 30.6 Å². The number of ether oxygens (including phenoxy) is 1. The summed E-state index contributed by atoms with van der Waals surface area (Å²) in [6, 6.07) is 13.6. The van der Waals surface area contributed by atoms with E-state index < -0.39 is 18.0 Å². The number of aromatic nitrogens is 1. The van der Waals surface area contributed by atoms with E-state index in [1.54, 1.807) is 7.11 Å². The second-order valence-electron chi connectivity index (χ2n) is 10.9. The van der Waals surface area contributed by atoms with E-state index in [1.807, 2.05) is 54.7 Å². The average molecular weight is 560 g/mol. The Balaban J connectivity index is 1.29. The predicted molar refractivity (Wildman–Crippen MR) is 154 cm³/mol. The van der Waals surface area contributed by atoms with Gasteiger partial charge in [-0.3, -0.25) is 19.2 Å². The van der Waals surface area contributed by atoms with Gasteiger partial charge in [0.2, 0.25) is 23.6 Å². The Morgan fingerprint density at radius 2 is 1.78 bits per heavy atom. The van der Waals surface area contributed by atoms with Crippen LogP contribution in [0.25, 0.3) is 10.9 Å². The Morgan fingerprint density at radius 3 is 2.59 bits per heavy atom. The van der Waals surface area contributed by atoms with E-state index in [2.05, 4.69) is 20.9 Å². The lowest BCUT2D eigenvalue weighted by Gasteiger charge is -2.37. The van der Waals surface area contributed by atoms with E-state index in [4.69, 9.17) is 4.74 Å². The molecular weight excluding hydrogens is 522 g/mol. The Bertz CT molecular complexity index is 1410. The molecule has 2 heterocycles. The number of benzene rings is 2. The number of amides is 4. The lowest BCUT2D eigenvalue weighted by atomic mass is 9.82. The van der Waals surface area contributed by atoms with Crippen LogP contribution in [-0.4, -0.2) is 65.8 Å². The van der Waals surface area contributed by atoms with Gasteiger partial charge in [0.15, 0.2) is 0 Å². The number of hydrogen-bond donors (Lipinski definition) is 4. The first kappa shape index (κ1) is 28.2. The smallest absolute Gasteiger partial charge is 0.246 e. The zero-order valence-corrected chi connectivity index (χ0v) is 23.3. The maximum atomic E-state index is 13.5. The van der Waals surface area contributed by atoms with Gasteiger partial charge >= 0.3 is 0 Å². The molecule has 2 aliphatic rings. The van der Waals surface area contributed by atoms with Gasteiger partial charge in [-0.05, 0) is 36.5 Å². The lowest BCUT2D eigenvalue weighted by molar-refractivity contribution is -0.148. The molecular formula is C31H37N5O5. The van der Waals surface area contributed by atoms with Crippen LogP contribution in [0.15, 0.2) is 54.7 Å². The van der Waals surface area contributed by atoms with Gasteiger partial charge in [-0.15, -0.1) is 0 Å². The number of piperazine rings is 1. The number of H-pyrrole nitrogens is 1. The number of para-hydroxylation sites is 2. The summed E-state index contributed by atoms with van der Waals surface area (Å²) in [4.78, 5) is 57.0. The first-order chi connectivity index (χ1) is 19.9. The number of rotatable bonds is 10. The van der Waals surface area contributed by atoms with Crippen LogP contribution >= 0.6 is 0 Å². The molecule has 1 aliphatic carbocycles.